The Labute approximate surface area is 110 Å². The van der Waals surface area contributed by atoms with Gasteiger partial charge in [0.2, 0.25) is 0 Å². The third kappa shape index (κ3) is 4.41. The number of likely N-dealkylation sites (N-methyl/N-ethyl adjacent to an activating group) is 1. The second-order valence-corrected chi connectivity index (χ2v) is 6.27. The number of nitrogens with zero attached hydrogens (tertiary/aromatic N) is 1. The number of hydrogen-bond acceptors (Lipinski definition) is 3. The van der Waals surface area contributed by atoms with Gasteiger partial charge in [-0.15, -0.1) is 11.3 Å². The molecule has 0 saturated heterocycles. The van der Waals surface area contributed by atoms with E-state index in [1.54, 1.807) is 0 Å². The van der Waals surface area contributed by atoms with E-state index in [1.807, 2.05) is 11.3 Å². The molecule has 17 heavy (non-hydrogen) atoms. The van der Waals surface area contributed by atoms with Crippen molar-refractivity contribution in [2.75, 3.05) is 20.1 Å². The van der Waals surface area contributed by atoms with Crippen LogP contribution in [0.1, 0.15) is 43.0 Å². The smallest absolute Gasteiger partial charge is 0.0561 e. The van der Waals surface area contributed by atoms with Crippen LogP contribution in [-0.2, 0) is 6.42 Å². The van der Waals surface area contributed by atoms with E-state index < -0.39 is 0 Å². The fourth-order valence-corrected chi connectivity index (χ4v) is 3.03. The Balaban J connectivity index is 2.63. The van der Waals surface area contributed by atoms with Gasteiger partial charge in [-0.2, -0.15) is 0 Å². The van der Waals surface area contributed by atoms with Crippen molar-refractivity contribution in [1.82, 2.24) is 4.90 Å². The van der Waals surface area contributed by atoms with Gasteiger partial charge in [0.15, 0.2) is 0 Å². The zero-order valence-electron chi connectivity index (χ0n) is 11.6. The van der Waals surface area contributed by atoms with E-state index in [0.717, 1.165) is 18.9 Å². The summed E-state index contributed by atoms with van der Waals surface area (Å²) in [6.45, 7) is 8.57. The monoisotopic (exact) mass is 254 g/mol. The van der Waals surface area contributed by atoms with Gasteiger partial charge in [-0.1, -0.05) is 20.8 Å². The Kier molecular flexibility index (Phi) is 6.17. The van der Waals surface area contributed by atoms with Crippen molar-refractivity contribution in [2.45, 2.75) is 39.7 Å². The average Bonchev–Trinajstić information content (AvgIpc) is 2.76. The summed E-state index contributed by atoms with van der Waals surface area (Å²) in [6, 6.07) is 4.87. The molecule has 0 spiro atoms. The molecule has 2 N–H and O–H groups in total. The van der Waals surface area contributed by atoms with Crippen molar-refractivity contribution in [3.05, 3.63) is 21.9 Å². The molecule has 1 aromatic rings. The topological polar surface area (TPSA) is 29.3 Å². The molecule has 0 aliphatic rings. The highest BCUT2D eigenvalue weighted by atomic mass is 32.1. The Hall–Kier alpha value is -0.380. The SMILES string of the molecule is CCc1ccc(C(CN)N(C)CCC(C)C)s1. The number of thiophene rings is 1. The van der Waals surface area contributed by atoms with E-state index in [4.69, 9.17) is 5.73 Å². The maximum Gasteiger partial charge on any atom is 0.0561 e. The van der Waals surface area contributed by atoms with E-state index in [-0.39, 0.29) is 0 Å². The lowest BCUT2D eigenvalue weighted by Gasteiger charge is -2.26. The van der Waals surface area contributed by atoms with Crippen molar-refractivity contribution < 1.29 is 0 Å². The Morgan fingerprint density at radius 1 is 1.35 bits per heavy atom. The Morgan fingerprint density at radius 2 is 2.06 bits per heavy atom. The van der Waals surface area contributed by atoms with Gasteiger partial charge >= 0.3 is 0 Å². The number of rotatable bonds is 7. The normalized spacial score (nSPS) is 13.6. The minimum absolute atomic E-state index is 0.388. The summed E-state index contributed by atoms with van der Waals surface area (Å²) in [5, 5.41) is 0. The standard InChI is InChI=1S/C14H26N2S/c1-5-12-6-7-14(17-12)13(10-15)16(4)9-8-11(2)3/h6-7,11,13H,5,8-10,15H2,1-4H3. The molecule has 0 amide bonds. The fourth-order valence-electron chi connectivity index (χ4n) is 1.89. The van der Waals surface area contributed by atoms with Crippen LogP contribution in [-0.4, -0.2) is 25.0 Å². The summed E-state index contributed by atoms with van der Waals surface area (Å²) in [7, 11) is 2.19. The molecule has 0 radical (unpaired) electrons. The van der Waals surface area contributed by atoms with Gasteiger partial charge in [0.1, 0.15) is 0 Å². The van der Waals surface area contributed by atoms with Gasteiger partial charge in [-0.3, -0.25) is 4.90 Å². The molecule has 1 aromatic heterocycles. The highest BCUT2D eigenvalue weighted by Gasteiger charge is 2.17. The van der Waals surface area contributed by atoms with Gasteiger partial charge in [0.05, 0.1) is 6.04 Å². The van der Waals surface area contributed by atoms with Crippen LogP contribution in [0.2, 0.25) is 0 Å². The molecule has 0 bridgehead atoms. The zero-order chi connectivity index (χ0) is 12.8. The molecular formula is C14H26N2S. The first kappa shape index (κ1) is 14.7. The van der Waals surface area contributed by atoms with Crippen LogP contribution in [0.4, 0.5) is 0 Å². The highest BCUT2D eigenvalue weighted by Crippen LogP contribution is 2.27. The first-order chi connectivity index (χ1) is 8.08. The molecule has 0 saturated carbocycles. The molecule has 3 heteroatoms. The number of aryl methyl sites for hydroxylation is 1. The van der Waals surface area contributed by atoms with E-state index in [2.05, 4.69) is 44.9 Å². The summed E-state index contributed by atoms with van der Waals surface area (Å²) in [6.07, 6.45) is 2.36. The minimum Gasteiger partial charge on any atom is -0.329 e. The molecule has 1 atom stereocenters. The summed E-state index contributed by atoms with van der Waals surface area (Å²) < 4.78 is 0. The molecule has 0 aromatic carbocycles. The second-order valence-electron chi connectivity index (χ2n) is 5.07. The van der Waals surface area contributed by atoms with Crippen molar-refractivity contribution in [2.24, 2.45) is 11.7 Å². The van der Waals surface area contributed by atoms with E-state index in [0.29, 0.717) is 12.6 Å². The van der Waals surface area contributed by atoms with Crippen LogP contribution < -0.4 is 5.73 Å². The third-order valence-electron chi connectivity index (χ3n) is 3.17. The summed E-state index contributed by atoms with van der Waals surface area (Å²) >= 11 is 1.91. The molecule has 1 unspecified atom stereocenters. The summed E-state index contributed by atoms with van der Waals surface area (Å²) in [5.41, 5.74) is 5.93. The summed E-state index contributed by atoms with van der Waals surface area (Å²) in [4.78, 5) is 5.26. The summed E-state index contributed by atoms with van der Waals surface area (Å²) in [5.74, 6) is 0.755. The van der Waals surface area contributed by atoms with E-state index in [9.17, 15) is 0 Å². The highest BCUT2D eigenvalue weighted by molar-refractivity contribution is 7.12. The largest absolute Gasteiger partial charge is 0.329 e. The molecule has 1 rings (SSSR count). The Morgan fingerprint density at radius 3 is 2.53 bits per heavy atom. The maximum absolute atomic E-state index is 5.93. The van der Waals surface area contributed by atoms with Gasteiger partial charge in [0.25, 0.3) is 0 Å². The van der Waals surface area contributed by atoms with Crippen molar-refractivity contribution in [1.29, 1.82) is 0 Å². The lowest BCUT2D eigenvalue weighted by molar-refractivity contribution is 0.239. The molecule has 0 aliphatic heterocycles. The molecule has 98 valence electrons. The van der Waals surface area contributed by atoms with Crippen LogP contribution in [0.3, 0.4) is 0 Å². The van der Waals surface area contributed by atoms with Crippen LogP contribution >= 0.6 is 11.3 Å². The van der Waals surface area contributed by atoms with Crippen LogP contribution in [0.5, 0.6) is 0 Å². The quantitative estimate of drug-likeness (QED) is 0.809. The predicted octanol–water partition coefficient (Wildman–Crippen LogP) is 3.29. The van der Waals surface area contributed by atoms with Crippen LogP contribution in [0.25, 0.3) is 0 Å². The molecule has 0 aliphatic carbocycles. The lowest BCUT2D eigenvalue weighted by Crippen LogP contribution is -2.31. The van der Waals surface area contributed by atoms with Gasteiger partial charge < -0.3 is 5.73 Å². The second kappa shape index (κ2) is 7.14. The molecular weight excluding hydrogens is 228 g/mol. The van der Waals surface area contributed by atoms with Crippen molar-refractivity contribution >= 4 is 11.3 Å². The number of hydrogen-bond donors (Lipinski definition) is 1. The lowest BCUT2D eigenvalue weighted by atomic mass is 10.1. The van der Waals surface area contributed by atoms with Crippen LogP contribution in [0.15, 0.2) is 12.1 Å². The van der Waals surface area contributed by atoms with E-state index in [1.165, 1.54) is 16.2 Å². The zero-order valence-corrected chi connectivity index (χ0v) is 12.4. The third-order valence-corrected chi connectivity index (χ3v) is 4.50. The fraction of sp³-hybridized carbons (Fsp3) is 0.714. The molecule has 0 fully saturated rings. The van der Waals surface area contributed by atoms with Crippen LogP contribution in [0, 0.1) is 5.92 Å². The molecule has 1 heterocycles. The number of nitrogens with two attached hydrogens (primary N) is 1. The van der Waals surface area contributed by atoms with E-state index >= 15 is 0 Å². The first-order valence-corrected chi connectivity index (χ1v) is 7.39. The Bertz CT molecular complexity index is 320. The van der Waals surface area contributed by atoms with Gasteiger partial charge in [-0.05, 0) is 44.5 Å². The van der Waals surface area contributed by atoms with Gasteiger partial charge in [-0.25, -0.2) is 0 Å². The predicted molar refractivity (Wildman–Crippen MR) is 77.6 cm³/mol. The van der Waals surface area contributed by atoms with Crippen molar-refractivity contribution in [3.8, 4) is 0 Å². The molecule has 2 nitrogen and oxygen atoms in total. The average molecular weight is 254 g/mol. The minimum atomic E-state index is 0.388. The first-order valence-electron chi connectivity index (χ1n) is 6.57. The van der Waals surface area contributed by atoms with Gasteiger partial charge in [0, 0.05) is 16.3 Å². The van der Waals surface area contributed by atoms with Crippen molar-refractivity contribution in [3.63, 3.8) is 0 Å². The maximum atomic E-state index is 5.93.